The highest BCUT2D eigenvalue weighted by molar-refractivity contribution is 9.10. The lowest BCUT2D eigenvalue weighted by Crippen LogP contribution is -2.21. The predicted molar refractivity (Wildman–Crippen MR) is 69.8 cm³/mol. The topological polar surface area (TPSA) is 21.3 Å². The SMILES string of the molecule is COc1ccc(C(C)NCC2CC2)c(Br)c1. The third kappa shape index (κ3) is 2.98. The molecule has 0 spiro atoms. The van der Waals surface area contributed by atoms with Crippen molar-refractivity contribution in [3.63, 3.8) is 0 Å². The fourth-order valence-electron chi connectivity index (χ4n) is 1.76. The molecule has 0 radical (unpaired) electrons. The molecule has 0 bridgehead atoms. The summed E-state index contributed by atoms with van der Waals surface area (Å²) in [7, 11) is 1.69. The van der Waals surface area contributed by atoms with Gasteiger partial charge in [0.2, 0.25) is 0 Å². The first-order valence-electron chi connectivity index (χ1n) is 5.77. The van der Waals surface area contributed by atoms with Gasteiger partial charge >= 0.3 is 0 Å². The zero-order valence-electron chi connectivity index (χ0n) is 9.79. The van der Waals surface area contributed by atoms with E-state index in [9.17, 15) is 0 Å². The Morgan fingerprint density at radius 3 is 2.81 bits per heavy atom. The number of hydrogen-bond acceptors (Lipinski definition) is 2. The summed E-state index contributed by atoms with van der Waals surface area (Å²) in [6.45, 7) is 3.34. The number of ether oxygens (including phenoxy) is 1. The monoisotopic (exact) mass is 283 g/mol. The second-order valence-corrected chi connectivity index (χ2v) is 5.32. The summed E-state index contributed by atoms with van der Waals surface area (Å²) in [5, 5.41) is 3.57. The third-order valence-corrected chi connectivity index (χ3v) is 3.77. The van der Waals surface area contributed by atoms with Crippen molar-refractivity contribution in [2.24, 2.45) is 5.92 Å². The first-order chi connectivity index (χ1) is 7.70. The molecule has 1 fully saturated rings. The van der Waals surface area contributed by atoms with E-state index in [1.54, 1.807) is 7.11 Å². The molecule has 1 aliphatic rings. The van der Waals surface area contributed by atoms with Crippen molar-refractivity contribution >= 4 is 15.9 Å². The minimum atomic E-state index is 0.390. The molecule has 2 nitrogen and oxygen atoms in total. The Morgan fingerprint density at radius 1 is 1.50 bits per heavy atom. The van der Waals surface area contributed by atoms with Crippen LogP contribution in [0, 0.1) is 5.92 Å². The predicted octanol–water partition coefficient (Wildman–Crippen LogP) is 3.52. The maximum atomic E-state index is 5.19. The summed E-state index contributed by atoms with van der Waals surface area (Å²) in [6.07, 6.45) is 2.78. The van der Waals surface area contributed by atoms with Crippen LogP contribution in [0.15, 0.2) is 22.7 Å². The lowest BCUT2D eigenvalue weighted by Gasteiger charge is -2.16. The van der Waals surface area contributed by atoms with E-state index in [2.05, 4.69) is 34.2 Å². The van der Waals surface area contributed by atoms with Crippen LogP contribution in [0.3, 0.4) is 0 Å². The number of hydrogen-bond donors (Lipinski definition) is 1. The standard InChI is InChI=1S/C13H18BrNO/c1-9(15-8-10-3-4-10)12-6-5-11(16-2)7-13(12)14/h5-7,9-10,15H,3-4,8H2,1-2H3. The van der Waals surface area contributed by atoms with Crippen LogP contribution in [-0.2, 0) is 0 Å². The minimum absolute atomic E-state index is 0.390. The molecule has 0 heterocycles. The number of nitrogens with one attached hydrogen (secondary N) is 1. The van der Waals surface area contributed by atoms with Crippen LogP contribution >= 0.6 is 15.9 Å². The van der Waals surface area contributed by atoms with Crippen molar-refractivity contribution in [1.29, 1.82) is 0 Å². The quantitative estimate of drug-likeness (QED) is 0.893. The van der Waals surface area contributed by atoms with Crippen molar-refractivity contribution in [2.45, 2.75) is 25.8 Å². The molecule has 1 saturated carbocycles. The molecule has 3 heteroatoms. The van der Waals surface area contributed by atoms with Gasteiger partial charge in [-0.05, 0) is 49.9 Å². The Kier molecular flexibility index (Phi) is 3.87. The van der Waals surface area contributed by atoms with Crippen molar-refractivity contribution in [3.8, 4) is 5.75 Å². The average molecular weight is 284 g/mol. The molecule has 0 saturated heterocycles. The van der Waals surface area contributed by atoms with E-state index in [4.69, 9.17) is 4.74 Å². The van der Waals surface area contributed by atoms with Crippen molar-refractivity contribution < 1.29 is 4.74 Å². The van der Waals surface area contributed by atoms with E-state index in [0.717, 1.165) is 22.7 Å². The fraction of sp³-hybridized carbons (Fsp3) is 0.538. The first kappa shape index (κ1) is 11.9. The van der Waals surface area contributed by atoms with E-state index in [0.29, 0.717) is 6.04 Å². The Balaban J connectivity index is 2.00. The molecule has 1 aromatic rings. The third-order valence-electron chi connectivity index (χ3n) is 3.08. The summed E-state index contributed by atoms with van der Waals surface area (Å²) in [4.78, 5) is 0. The minimum Gasteiger partial charge on any atom is -0.497 e. The Hall–Kier alpha value is -0.540. The van der Waals surface area contributed by atoms with Gasteiger partial charge in [0.05, 0.1) is 7.11 Å². The van der Waals surface area contributed by atoms with E-state index in [1.165, 1.54) is 18.4 Å². The number of benzene rings is 1. The fourth-order valence-corrected chi connectivity index (χ4v) is 2.46. The van der Waals surface area contributed by atoms with Gasteiger partial charge in [-0.2, -0.15) is 0 Å². The average Bonchev–Trinajstić information content (AvgIpc) is 3.09. The van der Waals surface area contributed by atoms with Gasteiger partial charge in [-0.1, -0.05) is 22.0 Å². The van der Waals surface area contributed by atoms with Gasteiger partial charge in [0.25, 0.3) is 0 Å². The summed E-state index contributed by atoms with van der Waals surface area (Å²) in [6, 6.07) is 6.54. The molecular formula is C13H18BrNO. The molecule has 1 unspecified atom stereocenters. The van der Waals surface area contributed by atoms with E-state index in [1.807, 2.05) is 12.1 Å². The lowest BCUT2D eigenvalue weighted by atomic mass is 10.1. The van der Waals surface area contributed by atoms with Gasteiger partial charge in [0.15, 0.2) is 0 Å². The molecule has 0 amide bonds. The summed E-state index contributed by atoms with van der Waals surface area (Å²) >= 11 is 3.59. The van der Waals surface area contributed by atoms with Gasteiger partial charge in [0, 0.05) is 10.5 Å². The molecule has 1 N–H and O–H groups in total. The molecular weight excluding hydrogens is 266 g/mol. The summed E-state index contributed by atoms with van der Waals surface area (Å²) < 4.78 is 6.30. The molecule has 16 heavy (non-hydrogen) atoms. The van der Waals surface area contributed by atoms with Crippen LogP contribution in [-0.4, -0.2) is 13.7 Å². The first-order valence-corrected chi connectivity index (χ1v) is 6.57. The van der Waals surface area contributed by atoms with Crippen LogP contribution in [0.5, 0.6) is 5.75 Å². The molecule has 1 aromatic carbocycles. The van der Waals surface area contributed by atoms with E-state index < -0.39 is 0 Å². The number of halogens is 1. The normalized spacial score (nSPS) is 17.2. The highest BCUT2D eigenvalue weighted by Gasteiger charge is 2.21. The van der Waals surface area contributed by atoms with Gasteiger partial charge in [0.1, 0.15) is 5.75 Å². The molecule has 0 aliphatic heterocycles. The maximum Gasteiger partial charge on any atom is 0.120 e. The van der Waals surface area contributed by atoms with Gasteiger partial charge < -0.3 is 10.1 Å². The van der Waals surface area contributed by atoms with Crippen molar-refractivity contribution in [3.05, 3.63) is 28.2 Å². The van der Waals surface area contributed by atoms with Crippen LogP contribution in [0.25, 0.3) is 0 Å². The van der Waals surface area contributed by atoms with Gasteiger partial charge in [-0.3, -0.25) is 0 Å². The largest absolute Gasteiger partial charge is 0.497 e. The Labute approximate surface area is 106 Å². The number of rotatable bonds is 5. The van der Waals surface area contributed by atoms with Crippen LogP contribution in [0.2, 0.25) is 0 Å². The van der Waals surface area contributed by atoms with Crippen molar-refractivity contribution in [2.75, 3.05) is 13.7 Å². The van der Waals surface area contributed by atoms with E-state index >= 15 is 0 Å². The summed E-state index contributed by atoms with van der Waals surface area (Å²) in [5.74, 6) is 1.81. The smallest absolute Gasteiger partial charge is 0.120 e. The second-order valence-electron chi connectivity index (χ2n) is 4.46. The van der Waals surface area contributed by atoms with Crippen LogP contribution in [0.4, 0.5) is 0 Å². The van der Waals surface area contributed by atoms with Crippen LogP contribution in [0.1, 0.15) is 31.4 Å². The molecule has 88 valence electrons. The Morgan fingerprint density at radius 2 is 2.25 bits per heavy atom. The lowest BCUT2D eigenvalue weighted by molar-refractivity contribution is 0.414. The second kappa shape index (κ2) is 5.19. The highest BCUT2D eigenvalue weighted by Crippen LogP contribution is 2.30. The molecule has 0 aromatic heterocycles. The van der Waals surface area contributed by atoms with E-state index in [-0.39, 0.29) is 0 Å². The summed E-state index contributed by atoms with van der Waals surface area (Å²) in [5.41, 5.74) is 1.29. The number of methoxy groups -OCH3 is 1. The molecule has 1 atom stereocenters. The Bertz CT molecular complexity index is 363. The maximum absolute atomic E-state index is 5.19. The zero-order chi connectivity index (χ0) is 11.5. The highest BCUT2D eigenvalue weighted by atomic mass is 79.9. The zero-order valence-corrected chi connectivity index (χ0v) is 11.4. The van der Waals surface area contributed by atoms with Gasteiger partial charge in [-0.25, -0.2) is 0 Å². The van der Waals surface area contributed by atoms with Crippen LogP contribution < -0.4 is 10.1 Å². The van der Waals surface area contributed by atoms with Crippen molar-refractivity contribution in [1.82, 2.24) is 5.32 Å². The molecule has 1 aliphatic carbocycles. The molecule has 2 rings (SSSR count). The van der Waals surface area contributed by atoms with Gasteiger partial charge in [-0.15, -0.1) is 0 Å².